The van der Waals surface area contributed by atoms with Gasteiger partial charge in [-0.05, 0) is 26.0 Å². The van der Waals surface area contributed by atoms with Crippen LogP contribution in [0.4, 0.5) is 0 Å². The zero-order valence-corrected chi connectivity index (χ0v) is 12.1. The average Bonchev–Trinajstić information content (AvgIpc) is 2.66. The zero-order valence-electron chi connectivity index (χ0n) is 11.3. The summed E-state index contributed by atoms with van der Waals surface area (Å²) in [5.74, 6) is -0.523. The Morgan fingerprint density at radius 1 is 1.10 bits per heavy atom. The summed E-state index contributed by atoms with van der Waals surface area (Å²) in [6.07, 6.45) is 1.15. The van der Waals surface area contributed by atoms with E-state index in [4.69, 9.17) is 0 Å². The predicted molar refractivity (Wildman–Crippen MR) is 73.5 cm³/mol. The van der Waals surface area contributed by atoms with Crippen molar-refractivity contribution in [2.75, 3.05) is 0 Å². The first-order chi connectivity index (χ1) is 9.25. The van der Waals surface area contributed by atoms with Crippen LogP contribution in [-0.2, 0) is 10.0 Å². The van der Waals surface area contributed by atoms with E-state index in [-0.39, 0.29) is 10.6 Å². The first kappa shape index (κ1) is 14.3. The molecule has 106 valence electrons. The topological polar surface area (TPSA) is 78.1 Å². The molecule has 7 heteroatoms. The van der Waals surface area contributed by atoms with Crippen LogP contribution in [0.5, 0.6) is 0 Å². The summed E-state index contributed by atoms with van der Waals surface area (Å²) in [4.78, 5) is 23.4. The van der Waals surface area contributed by atoms with Crippen molar-refractivity contribution in [3.8, 4) is 0 Å². The molecule has 0 saturated heterocycles. The molecular formula is C13H14N2O4S. The smallest absolute Gasteiger partial charge is 0.274 e. The molecule has 2 rings (SSSR count). The largest absolute Gasteiger partial charge is 0.349 e. The van der Waals surface area contributed by atoms with Gasteiger partial charge in [0.05, 0.1) is 4.90 Å². The molecule has 0 spiro atoms. The summed E-state index contributed by atoms with van der Waals surface area (Å²) in [7, 11) is -3.99. The van der Waals surface area contributed by atoms with Crippen molar-refractivity contribution in [1.29, 1.82) is 0 Å². The highest BCUT2D eigenvalue weighted by Gasteiger charge is 2.23. The third-order valence-corrected chi connectivity index (χ3v) is 4.58. The minimum Gasteiger partial charge on any atom is -0.274 e. The highest BCUT2D eigenvalue weighted by molar-refractivity contribution is 7.90. The lowest BCUT2D eigenvalue weighted by atomic mass is 10.2. The number of hydrogen-bond acceptors (Lipinski definition) is 4. The Hall–Kier alpha value is -2.15. The summed E-state index contributed by atoms with van der Waals surface area (Å²) in [5.41, 5.74) is 0.308. The maximum Gasteiger partial charge on any atom is 0.349 e. The van der Waals surface area contributed by atoms with Crippen molar-refractivity contribution in [2.45, 2.75) is 25.7 Å². The number of imidazole rings is 1. The molecule has 0 saturated carbocycles. The molecule has 1 heterocycles. The van der Waals surface area contributed by atoms with E-state index in [1.165, 1.54) is 26.0 Å². The number of aromatic nitrogens is 2. The van der Waals surface area contributed by atoms with Crippen LogP contribution in [0.2, 0.25) is 0 Å². The normalized spacial score (nSPS) is 11.6. The second-order valence-corrected chi connectivity index (χ2v) is 6.34. The van der Waals surface area contributed by atoms with Gasteiger partial charge in [-0.15, -0.1) is 0 Å². The lowest BCUT2D eigenvalue weighted by molar-refractivity contribution is 0.0930. The number of nitrogens with zero attached hydrogens (tertiary/aromatic N) is 2. The maximum atomic E-state index is 12.4. The molecule has 6 nitrogen and oxygen atoms in total. The Labute approximate surface area is 116 Å². The molecule has 0 bridgehead atoms. The van der Waals surface area contributed by atoms with Gasteiger partial charge in [0.1, 0.15) is 0 Å². The van der Waals surface area contributed by atoms with Crippen molar-refractivity contribution >= 4 is 15.9 Å². The number of carbonyl (C=O) groups excluding carboxylic acids is 1. The monoisotopic (exact) mass is 294 g/mol. The van der Waals surface area contributed by atoms with Crippen LogP contribution in [0.1, 0.15) is 23.0 Å². The quantitative estimate of drug-likeness (QED) is 0.832. The molecule has 1 aromatic carbocycles. The lowest BCUT2D eigenvalue weighted by Crippen LogP contribution is -2.31. The predicted octanol–water partition coefficient (Wildman–Crippen LogP) is 1.16. The molecule has 0 aliphatic rings. The number of hydrogen-bond donors (Lipinski definition) is 0. The molecular weight excluding hydrogens is 280 g/mol. The van der Waals surface area contributed by atoms with E-state index in [1.54, 1.807) is 12.1 Å². The number of aryl methyl sites for hydroxylation is 2. The van der Waals surface area contributed by atoms with E-state index in [9.17, 15) is 18.0 Å². The van der Waals surface area contributed by atoms with Gasteiger partial charge in [0.25, 0.3) is 10.0 Å². The van der Waals surface area contributed by atoms with Crippen molar-refractivity contribution < 1.29 is 13.2 Å². The fourth-order valence-corrected chi connectivity index (χ4v) is 3.20. The van der Waals surface area contributed by atoms with Gasteiger partial charge in [-0.25, -0.2) is 17.8 Å². The third kappa shape index (κ3) is 2.20. The molecule has 0 unspecified atom stereocenters. The summed E-state index contributed by atoms with van der Waals surface area (Å²) >= 11 is 0. The summed E-state index contributed by atoms with van der Waals surface area (Å²) in [6.45, 7) is 4.54. The van der Waals surface area contributed by atoms with Crippen LogP contribution < -0.4 is 5.69 Å². The van der Waals surface area contributed by atoms with Crippen LogP contribution in [0.25, 0.3) is 0 Å². The second-order valence-electron chi connectivity index (χ2n) is 4.52. The minimum atomic E-state index is -3.99. The van der Waals surface area contributed by atoms with Gasteiger partial charge in [-0.3, -0.25) is 4.79 Å². The van der Waals surface area contributed by atoms with Crippen LogP contribution >= 0.6 is 0 Å². The standard InChI is InChI=1S/C13H14N2O4S/c1-9-4-6-12(7-5-9)20(18,19)14-8-10(2)15(11(3)16)13(14)17/h4-8H,1-3H3. The summed E-state index contributed by atoms with van der Waals surface area (Å²) in [5, 5.41) is 0. The second kappa shape index (κ2) is 4.75. The summed E-state index contributed by atoms with van der Waals surface area (Å²) < 4.78 is 26.2. The van der Waals surface area contributed by atoms with E-state index >= 15 is 0 Å². The van der Waals surface area contributed by atoms with Crippen LogP contribution in [0.15, 0.2) is 40.2 Å². The molecule has 1 aromatic heterocycles. The highest BCUT2D eigenvalue weighted by Crippen LogP contribution is 2.13. The van der Waals surface area contributed by atoms with E-state index < -0.39 is 21.6 Å². The minimum absolute atomic E-state index is 0.00546. The Morgan fingerprint density at radius 2 is 1.65 bits per heavy atom. The molecule has 0 atom stereocenters. The van der Waals surface area contributed by atoms with Gasteiger partial charge in [-0.2, -0.15) is 3.97 Å². The van der Waals surface area contributed by atoms with Gasteiger partial charge in [0.15, 0.2) is 0 Å². The van der Waals surface area contributed by atoms with Gasteiger partial charge in [0.2, 0.25) is 5.91 Å². The third-order valence-electron chi connectivity index (χ3n) is 2.93. The molecule has 0 amide bonds. The van der Waals surface area contributed by atoms with E-state index in [0.29, 0.717) is 3.97 Å². The maximum absolute atomic E-state index is 12.4. The summed E-state index contributed by atoms with van der Waals surface area (Å²) in [6, 6.07) is 6.15. The number of carbonyl (C=O) groups is 1. The molecule has 0 aliphatic carbocycles. The van der Waals surface area contributed by atoms with Gasteiger partial charge in [-0.1, -0.05) is 17.7 Å². The zero-order chi connectivity index (χ0) is 15.1. The average molecular weight is 294 g/mol. The van der Waals surface area contributed by atoms with E-state index in [0.717, 1.165) is 16.3 Å². The molecule has 0 N–H and O–H groups in total. The van der Waals surface area contributed by atoms with Crippen molar-refractivity contribution in [3.05, 3.63) is 52.2 Å². The molecule has 20 heavy (non-hydrogen) atoms. The van der Waals surface area contributed by atoms with Crippen molar-refractivity contribution in [2.24, 2.45) is 0 Å². The van der Waals surface area contributed by atoms with Gasteiger partial charge in [0, 0.05) is 18.8 Å². The first-order valence-corrected chi connectivity index (χ1v) is 7.33. The van der Waals surface area contributed by atoms with Crippen LogP contribution in [0.3, 0.4) is 0 Å². The lowest BCUT2D eigenvalue weighted by Gasteiger charge is -2.04. The Bertz CT molecular complexity index is 826. The first-order valence-electron chi connectivity index (χ1n) is 5.89. The van der Waals surface area contributed by atoms with Gasteiger partial charge < -0.3 is 0 Å². The highest BCUT2D eigenvalue weighted by atomic mass is 32.2. The number of benzene rings is 1. The fraction of sp³-hybridized carbons (Fsp3) is 0.231. The van der Waals surface area contributed by atoms with Crippen molar-refractivity contribution in [1.82, 2.24) is 8.54 Å². The van der Waals surface area contributed by atoms with Crippen molar-refractivity contribution in [3.63, 3.8) is 0 Å². The molecule has 2 aromatic rings. The molecule has 0 radical (unpaired) electrons. The SMILES string of the molecule is CC(=O)n1c(C)cn(S(=O)(=O)c2ccc(C)cc2)c1=O. The Morgan fingerprint density at radius 3 is 2.10 bits per heavy atom. The van der Waals surface area contributed by atoms with Crippen LogP contribution in [0, 0.1) is 13.8 Å². The van der Waals surface area contributed by atoms with E-state index in [2.05, 4.69) is 0 Å². The Balaban J connectivity index is 2.68. The molecule has 0 fully saturated rings. The Kier molecular flexibility index (Phi) is 3.39. The molecule has 0 aliphatic heterocycles. The fourth-order valence-electron chi connectivity index (χ4n) is 1.91. The van der Waals surface area contributed by atoms with E-state index in [1.807, 2.05) is 6.92 Å². The van der Waals surface area contributed by atoms with Gasteiger partial charge >= 0.3 is 5.69 Å². The van der Waals surface area contributed by atoms with Crippen LogP contribution in [-0.4, -0.2) is 22.9 Å². The number of rotatable bonds is 2.